The molecule has 0 radical (unpaired) electrons. The van der Waals surface area contributed by atoms with E-state index in [0.29, 0.717) is 27.7 Å². The number of nitrogens with zero attached hydrogens (tertiary/aromatic N) is 2. The smallest absolute Gasteiger partial charge is 0.254 e. The highest BCUT2D eigenvalue weighted by Crippen LogP contribution is 2.21. The Balaban J connectivity index is 1.89. The van der Waals surface area contributed by atoms with Crippen LogP contribution in [0.15, 0.2) is 41.5 Å². The average Bonchev–Trinajstić information content (AvgIpc) is 2.54. The van der Waals surface area contributed by atoms with Gasteiger partial charge in [0.05, 0.1) is 11.1 Å². The maximum atomic E-state index is 12.3. The summed E-state index contributed by atoms with van der Waals surface area (Å²) >= 11 is 5.96. The number of hydrogen-bond acceptors (Lipinski definition) is 5. The van der Waals surface area contributed by atoms with Crippen LogP contribution < -0.4 is 16.2 Å². The lowest BCUT2D eigenvalue weighted by molar-refractivity contribution is -0.114. The van der Waals surface area contributed by atoms with E-state index in [0.717, 1.165) is 5.39 Å². The number of halogens is 1. The zero-order valence-corrected chi connectivity index (χ0v) is 14.4. The SMILES string of the molecule is CC(=O)Nc1ccnc(NC(C)c2cc3cc(Cl)cnc3[nH]c2=O)c1. The minimum atomic E-state index is -0.313. The largest absolute Gasteiger partial charge is 0.363 e. The molecule has 0 aliphatic carbocycles. The number of nitrogens with one attached hydrogen (secondary N) is 3. The Morgan fingerprint density at radius 2 is 2.08 bits per heavy atom. The second-order valence-corrected chi connectivity index (χ2v) is 6.06. The Kier molecular flexibility index (Phi) is 4.67. The highest BCUT2D eigenvalue weighted by molar-refractivity contribution is 6.31. The summed E-state index contributed by atoms with van der Waals surface area (Å²) in [6.45, 7) is 3.28. The first kappa shape index (κ1) is 16.9. The Morgan fingerprint density at radius 3 is 2.84 bits per heavy atom. The van der Waals surface area contributed by atoms with E-state index in [1.165, 1.54) is 13.1 Å². The molecule has 1 atom stereocenters. The van der Waals surface area contributed by atoms with Gasteiger partial charge < -0.3 is 15.6 Å². The number of H-pyrrole nitrogens is 1. The van der Waals surface area contributed by atoms with Crippen LogP contribution in [0.5, 0.6) is 0 Å². The minimum absolute atomic E-state index is 0.166. The molecule has 25 heavy (non-hydrogen) atoms. The van der Waals surface area contributed by atoms with Crippen LogP contribution >= 0.6 is 11.6 Å². The summed E-state index contributed by atoms with van der Waals surface area (Å²) in [5.74, 6) is 0.378. The molecule has 7 nitrogen and oxygen atoms in total. The number of pyridine rings is 3. The van der Waals surface area contributed by atoms with Crippen molar-refractivity contribution in [2.24, 2.45) is 0 Å². The van der Waals surface area contributed by atoms with Crippen LogP contribution in [0.1, 0.15) is 25.5 Å². The van der Waals surface area contributed by atoms with Crippen LogP contribution in [0.25, 0.3) is 11.0 Å². The summed E-state index contributed by atoms with van der Waals surface area (Å²) in [6.07, 6.45) is 3.06. The van der Waals surface area contributed by atoms with E-state index >= 15 is 0 Å². The van der Waals surface area contributed by atoms with Gasteiger partial charge in [-0.3, -0.25) is 9.59 Å². The Bertz CT molecular complexity index is 1000. The van der Waals surface area contributed by atoms with Crippen LogP contribution in [-0.2, 0) is 4.79 Å². The number of hydrogen-bond donors (Lipinski definition) is 3. The van der Waals surface area contributed by atoms with Gasteiger partial charge in [-0.1, -0.05) is 11.6 Å². The molecule has 1 unspecified atom stereocenters. The standard InChI is InChI=1S/C17H16ClN5O2/c1-9(21-15-7-13(3-4-19-15)22-10(2)24)14-6-11-5-12(18)8-20-16(11)23-17(14)25/h3-9H,1-2H3,(H,20,23,25)(H2,19,21,22,24). The summed E-state index contributed by atoms with van der Waals surface area (Å²) in [5.41, 5.74) is 1.40. The highest BCUT2D eigenvalue weighted by atomic mass is 35.5. The maximum absolute atomic E-state index is 12.3. The van der Waals surface area contributed by atoms with E-state index in [2.05, 4.69) is 25.6 Å². The van der Waals surface area contributed by atoms with Crippen molar-refractivity contribution in [3.63, 3.8) is 0 Å². The van der Waals surface area contributed by atoms with E-state index in [-0.39, 0.29) is 17.5 Å². The van der Waals surface area contributed by atoms with Gasteiger partial charge in [0, 0.05) is 42.0 Å². The Hall–Kier alpha value is -2.93. The molecule has 0 saturated carbocycles. The number of carbonyl (C=O) groups excluding carboxylic acids is 1. The van der Waals surface area contributed by atoms with Crippen LogP contribution in [0.3, 0.4) is 0 Å². The molecule has 3 aromatic heterocycles. The summed E-state index contributed by atoms with van der Waals surface area (Å²) in [4.78, 5) is 34.5. The first-order valence-corrected chi connectivity index (χ1v) is 7.99. The molecule has 8 heteroatoms. The number of anilines is 2. The number of carbonyl (C=O) groups is 1. The van der Waals surface area contributed by atoms with Crippen LogP contribution in [0, 0.1) is 0 Å². The van der Waals surface area contributed by atoms with Gasteiger partial charge in [-0.15, -0.1) is 0 Å². The molecular formula is C17H16ClN5O2. The lowest BCUT2D eigenvalue weighted by Gasteiger charge is -2.15. The molecule has 3 rings (SSSR count). The van der Waals surface area contributed by atoms with Crippen molar-refractivity contribution in [2.45, 2.75) is 19.9 Å². The van der Waals surface area contributed by atoms with Gasteiger partial charge >= 0.3 is 0 Å². The summed E-state index contributed by atoms with van der Waals surface area (Å²) < 4.78 is 0. The highest BCUT2D eigenvalue weighted by Gasteiger charge is 2.13. The number of rotatable bonds is 4. The number of aromatic nitrogens is 3. The lowest BCUT2D eigenvalue weighted by Crippen LogP contribution is -2.20. The zero-order chi connectivity index (χ0) is 18.0. The van der Waals surface area contributed by atoms with Gasteiger partial charge in [0.2, 0.25) is 5.91 Å². The molecule has 0 aliphatic heterocycles. The van der Waals surface area contributed by atoms with E-state index in [4.69, 9.17) is 11.6 Å². The molecule has 3 heterocycles. The van der Waals surface area contributed by atoms with Crippen LogP contribution in [-0.4, -0.2) is 20.9 Å². The topological polar surface area (TPSA) is 99.8 Å². The fourth-order valence-corrected chi connectivity index (χ4v) is 2.66. The molecule has 0 aromatic carbocycles. The van der Waals surface area contributed by atoms with E-state index in [9.17, 15) is 9.59 Å². The van der Waals surface area contributed by atoms with Gasteiger partial charge in [0.1, 0.15) is 11.5 Å². The molecular weight excluding hydrogens is 342 g/mol. The molecule has 0 fully saturated rings. The third kappa shape index (κ3) is 3.95. The molecule has 0 bridgehead atoms. The number of aromatic amines is 1. The van der Waals surface area contributed by atoms with Crippen LogP contribution in [0.4, 0.5) is 11.5 Å². The van der Waals surface area contributed by atoms with E-state index < -0.39 is 0 Å². The number of fused-ring (bicyclic) bond motifs is 1. The van der Waals surface area contributed by atoms with Crippen LogP contribution in [0.2, 0.25) is 5.02 Å². The third-order valence-electron chi connectivity index (χ3n) is 3.60. The minimum Gasteiger partial charge on any atom is -0.363 e. The monoisotopic (exact) mass is 357 g/mol. The van der Waals surface area contributed by atoms with Crippen molar-refractivity contribution in [1.29, 1.82) is 0 Å². The summed E-state index contributed by atoms with van der Waals surface area (Å²) in [5, 5.41) is 7.09. The molecule has 3 N–H and O–H groups in total. The first-order chi connectivity index (χ1) is 11.9. The summed E-state index contributed by atoms with van der Waals surface area (Å²) in [7, 11) is 0. The van der Waals surface area contributed by atoms with Gasteiger partial charge in [0.15, 0.2) is 0 Å². The first-order valence-electron chi connectivity index (χ1n) is 7.61. The van der Waals surface area contributed by atoms with Crippen molar-refractivity contribution < 1.29 is 4.79 Å². The second kappa shape index (κ2) is 6.90. The van der Waals surface area contributed by atoms with Crippen molar-refractivity contribution in [3.8, 4) is 0 Å². The van der Waals surface area contributed by atoms with Crippen molar-refractivity contribution >= 4 is 40.0 Å². The van der Waals surface area contributed by atoms with Gasteiger partial charge in [-0.05, 0) is 25.1 Å². The van der Waals surface area contributed by atoms with Gasteiger partial charge in [0.25, 0.3) is 5.56 Å². The van der Waals surface area contributed by atoms with Gasteiger partial charge in [-0.2, -0.15) is 0 Å². The molecule has 0 aliphatic rings. The quantitative estimate of drug-likeness (QED) is 0.666. The van der Waals surface area contributed by atoms with Crippen molar-refractivity contribution in [1.82, 2.24) is 15.0 Å². The molecule has 128 valence electrons. The molecule has 0 saturated heterocycles. The van der Waals surface area contributed by atoms with Crippen molar-refractivity contribution in [2.75, 3.05) is 10.6 Å². The predicted molar refractivity (Wildman–Crippen MR) is 98.0 cm³/mol. The Morgan fingerprint density at radius 1 is 1.28 bits per heavy atom. The Labute approximate surface area is 148 Å². The van der Waals surface area contributed by atoms with Gasteiger partial charge in [-0.25, -0.2) is 9.97 Å². The number of amides is 1. The normalized spacial score (nSPS) is 12.0. The van der Waals surface area contributed by atoms with E-state index in [1.54, 1.807) is 30.5 Å². The second-order valence-electron chi connectivity index (χ2n) is 5.62. The maximum Gasteiger partial charge on any atom is 0.254 e. The van der Waals surface area contributed by atoms with E-state index in [1.807, 2.05) is 6.92 Å². The predicted octanol–water partition coefficient (Wildman–Crippen LogP) is 3.10. The molecule has 0 spiro atoms. The fraction of sp³-hybridized carbons (Fsp3) is 0.176. The fourth-order valence-electron chi connectivity index (χ4n) is 2.49. The lowest BCUT2D eigenvalue weighted by atomic mass is 10.1. The molecule has 1 amide bonds. The molecule has 3 aromatic rings. The summed E-state index contributed by atoms with van der Waals surface area (Å²) in [6, 6.07) is 6.57. The zero-order valence-electron chi connectivity index (χ0n) is 13.6. The van der Waals surface area contributed by atoms with Crippen molar-refractivity contribution in [3.05, 3.63) is 57.6 Å². The average molecular weight is 358 g/mol. The third-order valence-corrected chi connectivity index (χ3v) is 3.81.